The van der Waals surface area contributed by atoms with Gasteiger partial charge in [-0.1, -0.05) is 0 Å². The molecule has 4 rings (SSSR count). The Morgan fingerprint density at radius 3 is 2.42 bits per heavy atom. The Bertz CT molecular complexity index is 958. The van der Waals surface area contributed by atoms with Gasteiger partial charge < -0.3 is 0 Å². The Balaban J connectivity index is 0.00000196. The van der Waals surface area contributed by atoms with E-state index in [1.807, 2.05) is 0 Å². The molecule has 0 aliphatic heterocycles. The van der Waals surface area contributed by atoms with Crippen LogP contribution in [0.3, 0.4) is 0 Å². The third-order valence-electron chi connectivity index (χ3n) is 5.16. The van der Waals surface area contributed by atoms with Crippen molar-refractivity contribution < 1.29 is 16.8 Å². The normalized spacial score (nSPS) is 16.3. The maximum Gasteiger partial charge on any atom is -0.0149 e. The zero-order valence-corrected chi connectivity index (χ0v) is 17.5. The molecule has 2 aromatic carbocycles. The molecular formula is C23H31NSiTi. The Kier molecular flexibility index (Phi) is 5.09. The molecule has 0 radical (unpaired) electrons. The number of nitrogens with one attached hydrogen (secondary N) is 1. The molecular weight excluding hydrogens is 366 g/mol. The molecule has 0 atom stereocenters. The third-order valence-corrected chi connectivity index (χ3v) is 10.0. The van der Waals surface area contributed by atoms with Crippen molar-refractivity contribution in [2.75, 3.05) is 0 Å². The predicted octanol–water partition coefficient (Wildman–Crippen LogP) is 4.70. The first-order valence-corrected chi connectivity index (χ1v) is 13.9. The van der Waals surface area contributed by atoms with Gasteiger partial charge in [0.15, 0.2) is 0 Å². The van der Waals surface area contributed by atoms with E-state index in [2.05, 4.69) is 89.7 Å². The summed E-state index contributed by atoms with van der Waals surface area (Å²) in [5.74, 6) is 0. The summed E-state index contributed by atoms with van der Waals surface area (Å²) >= 11 is -2.26. The van der Waals surface area contributed by atoms with Crippen molar-refractivity contribution in [3.63, 3.8) is 0 Å². The number of fused-ring (bicyclic) bond motifs is 5. The van der Waals surface area contributed by atoms with Gasteiger partial charge in [-0.2, -0.15) is 0 Å². The maximum absolute atomic E-state index is 3.96. The topological polar surface area (TPSA) is 12.0 Å². The van der Waals surface area contributed by atoms with Crippen LogP contribution in [0.1, 0.15) is 31.9 Å². The SMILES string of the molecule is CC(C)(C)[NH][Ti]([CH3])([CH3])[C]1=CC2=CCc3ccc4ccccc4c3C2=C1.[SiH4]. The van der Waals surface area contributed by atoms with Crippen LogP contribution in [0, 0.1) is 0 Å². The van der Waals surface area contributed by atoms with Gasteiger partial charge in [0.1, 0.15) is 0 Å². The smallest absolute Gasteiger partial charge is 0.0149 e. The minimum Gasteiger partial charge on any atom is -0.0149 e. The fraction of sp³-hybridized carbons (Fsp3) is 0.304. The Morgan fingerprint density at radius 1 is 0.962 bits per heavy atom. The summed E-state index contributed by atoms with van der Waals surface area (Å²) in [5.41, 5.74) is 5.93. The van der Waals surface area contributed by atoms with Crippen LogP contribution < -0.4 is 3.80 Å². The number of benzene rings is 2. The first-order valence-electron chi connectivity index (χ1n) is 9.19. The summed E-state index contributed by atoms with van der Waals surface area (Å²) in [6.07, 6.45) is 8.38. The fourth-order valence-electron chi connectivity index (χ4n) is 4.31. The second kappa shape index (κ2) is 6.76. The van der Waals surface area contributed by atoms with Crippen LogP contribution >= 0.6 is 0 Å². The Hall–Kier alpha value is -1.19. The van der Waals surface area contributed by atoms with Crippen molar-refractivity contribution >= 4 is 27.3 Å². The molecule has 0 saturated heterocycles. The largest absolute Gasteiger partial charge is 0.0149 e. The molecule has 2 aliphatic carbocycles. The molecule has 2 aromatic rings. The molecule has 0 heterocycles. The number of allylic oxidation sites excluding steroid dienone is 6. The molecule has 1 nitrogen and oxygen atoms in total. The second-order valence-electron chi connectivity index (χ2n) is 8.84. The third kappa shape index (κ3) is 3.48. The van der Waals surface area contributed by atoms with E-state index in [-0.39, 0.29) is 16.5 Å². The average molecular weight is 397 g/mol. The van der Waals surface area contributed by atoms with E-state index < -0.39 is 16.8 Å². The van der Waals surface area contributed by atoms with Crippen molar-refractivity contribution in [2.24, 2.45) is 0 Å². The summed E-state index contributed by atoms with van der Waals surface area (Å²) in [6, 6.07) is 13.4. The quantitative estimate of drug-likeness (QED) is 0.724. The van der Waals surface area contributed by atoms with Crippen molar-refractivity contribution in [3.8, 4) is 0 Å². The van der Waals surface area contributed by atoms with E-state index >= 15 is 0 Å². The monoisotopic (exact) mass is 397 g/mol. The van der Waals surface area contributed by atoms with Gasteiger partial charge in [-0.15, -0.1) is 0 Å². The van der Waals surface area contributed by atoms with Crippen molar-refractivity contribution in [2.45, 2.75) is 43.2 Å². The molecule has 1 N–H and O–H groups in total. The van der Waals surface area contributed by atoms with Crippen molar-refractivity contribution in [1.29, 1.82) is 0 Å². The molecule has 0 unspecified atom stereocenters. The van der Waals surface area contributed by atoms with Crippen molar-refractivity contribution in [1.82, 2.24) is 3.80 Å². The standard InChI is InChI=1S/C17H11.C4H10N.2CH3.H4Si.Ti/c1-2-6-15-12(4-1)8-10-14-11-9-13-5-3-7-16(13)17(14)15;1-4(2,3)5;;;;/h1-2,4-10H,11H2;5H,1-3H3;2*1H3;1H4;/q;-1;;;;+1. The summed E-state index contributed by atoms with van der Waals surface area (Å²) in [6.45, 7) is 6.83. The molecule has 0 fully saturated rings. The Morgan fingerprint density at radius 2 is 1.69 bits per heavy atom. The fourth-order valence-corrected chi connectivity index (χ4v) is 9.05. The van der Waals surface area contributed by atoms with Gasteiger partial charge in [-0.3, -0.25) is 0 Å². The van der Waals surface area contributed by atoms with Crippen LogP contribution in [0.4, 0.5) is 0 Å². The minimum atomic E-state index is -2.26. The van der Waals surface area contributed by atoms with Crippen LogP contribution in [0.5, 0.6) is 0 Å². The molecule has 0 amide bonds. The molecule has 0 saturated carbocycles. The molecule has 0 aromatic heterocycles. The second-order valence-corrected chi connectivity index (χ2v) is 15.2. The average Bonchev–Trinajstić information content (AvgIpc) is 2.97. The molecule has 26 heavy (non-hydrogen) atoms. The van der Waals surface area contributed by atoms with E-state index in [9.17, 15) is 0 Å². The molecule has 136 valence electrons. The molecule has 0 spiro atoms. The van der Waals surface area contributed by atoms with Crippen molar-refractivity contribution in [3.05, 3.63) is 75.2 Å². The van der Waals surface area contributed by atoms with Gasteiger partial charge >= 0.3 is 155 Å². The van der Waals surface area contributed by atoms with Crippen LogP contribution in [0.25, 0.3) is 16.3 Å². The summed E-state index contributed by atoms with van der Waals surface area (Å²) in [5, 5.41) is 7.66. The van der Waals surface area contributed by atoms with Crippen LogP contribution in [-0.4, -0.2) is 16.5 Å². The van der Waals surface area contributed by atoms with E-state index in [4.69, 9.17) is 0 Å². The van der Waals surface area contributed by atoms with Gasteiger partial charge in [0.2, 0.25) is 0 Å². The molecule has 3 heteroatoms. The summed E-state index contributed by atoms with van der Waals surface area (Å²) in [4.78, 5) is 0. The van der Waals surface area contributed by atoms with E-state index in [1.165, 1.54) is 33.0 Å². The van der Waals surface area contributed by atoms with Gasteiger partial charge in [-0.05, 0) is 11.0 Å². The van der Waals surface area contributed by atoms with Gasteiger partial charge in [0, 0.05) is 0 Å². The van der Waals surface area contributed by atoms with Gasteiger partial charge in [-0.25, -0.2) is 0 Å². The number of rotatable bonds is 2. The molecule has 0 bridgehead atoms. The minimum absolute atomic E-state index is 0. The maximum atomic E-state index is 3.96. The molecule has 2 aliphatic rings. The van der Waals surface area contributed by atoms with Crippen LogP contribution in [0.2, 0.25) is 10.5 Å². The van der Waals surface area contributed by atoms with Crippen LogP contribution in [-0.2, 0) is 23.3 Å². The Labute approximate surface area is 166 Å². The van der Waals surface area contributed by atoms with Gasteiger partial charge in [0.05, 0.1) is 0 Å². The van der Waals surface area contributed by atoms with E-state index in [1.54, 1.807) is 3.88 Å². The predicted molar refractivity (Wildman–Crippen MR) is 118 cm³/mol. The summed E-state index contributed by atoms with van der Waals surface area (Å²) in [7, 11) is 0. The summed E-state index contributed by atoms with van der Waals surface area (Å²) < 4.78 is 5.51. The van der Waals surface area contributed by atoms with E-state index in [0.717, 1.165) is 6.42 Å². The van der Waals surface area contributed by atoms with Gasteiger partial charge in [0.25, 0.3) is 0 Å². The first-order chi connectivity index (χ1) is 11.7. The zero-order valence-electron chi connectivity index (χ0n) is 15.9. The van der Waals surface area contributed by atoms with E-state index in [0.29, 0.717) is 0 Å². The number of hydrogen-bond acceptors (Lipinski definition) is 1. The number of hydrogen-bond donors (Lipinski definition) is 1. The van der Waals surface area contributed by atoms with Crippen LogP contribution in [0.15, 0.2) is 64.1 Å². The zero-order chi connectivity index (χ0) is 17.8. The first kappa shape index (κ1) is 19.6.